The van der Waals surface area contributed by atoms with Gasteiger partial charge in [-0.3, -0.25) is 4.79 Å². The maximum Gasteiger partial charge on any atom is 2.00 e. The maximum absolute atomic E-state index is 11.7. The van der Waals surface area contributed by atoms with Crippen molar-refractivity contribution < 1.29 is 79.5 Å². The molecule has 50 heavy (non-hydrogen) atoms. The molecule has 0 rings (SSSR count). The summed E-state index contributed by atoms with van der Waals surface area (Å²) in [5.41, 5.74) is 0.394. The van der Waals surface area contributed by atoms with E-state index in [0.717, 1.165) is 31.1 Å². The second kappa shape index (κ2) is 34.9. The van der Waals surface area contributed by atoms with Crippen LogP contribution in [0.1, 0.15) is 47.5 Å². The van der Waals surface area contributed by atoms with E-state index in [2.05, 4.69) is 59.0 Å². The summed E-state index contributed by atoms with van der Waals surface area (Å²) in [6.07, 6.45) is -9.56. The van der Waals surface area contributed by atoms with Gasteiger partial charge in [-0.2, -0.15) is 26.3 Å². The van der Waals surface area contributed by atoms with Crippen LogP contribution < -0.4 is 15.5 Å². The number of halogens is 6. The molecule has 282 valence electrons. The molecule has 12 nitrogen and oxygen atoms in total. The Kier molecular flexibility index (Phi) is 42.9. The van der Waals surface area contributed by atoms with Gasteiger partial charge in [-0.15, -0.1) is 0 Å². The van der Waals surface area contributed by atoms with Crippen molar-refractivity contribution in [2.24, 2.45) is 0 Å². The number of carboxylic acid groups (broad SMARTS) is 2. The average Bonchev–Trinajstić information content (AvgIpc) is 2.98. The second-order valence-corrected chi connectivity index (χ2v) is 9.09. The quantitative estimate of drug-likeness (QED) is 0.0862. The minimum Gasteiger partial charge on any atom is -0.545 e. The van der Waals surface area contributed by atoms with Crippen molar-refractivity contribution in [2.45, 2.75) is 71.5 Å². The third-order valence-corrected chi connectivity index (χ3v) is 3.48. The third-order valence-electron chi connectivity index (χ3n) is 3.48. The van der Waals surface area contributed by atoms with Crippen molar-refractivity contribution in [1.29, 1.82) is 0 Å². The number of amides is 1. The smallest absolute Gasteiger partial charge is 0.545 e. The molecule has 0 aromatic rings. The fourth-order valence-corrected chi connectivity index (χ4v) is 1.39. The number of carboxylic acids is 2. The summed E-state index contributed by atoms with van der Waals surface area (Å²) in [5.74, 6) is -5.05. The Hall–Kier alpha value is -3.90. The first-order valence-corrected chi connectivity index (χ1v) is 13.2. The Bertz CT molecular complexity index is 1070. The zero-order valence-electron chi connectivity index (χ0n) is 28.8. The van der Waals surface area contributed by atoms with Crippen LogP contribution in [-0.4, -0.2) is 111 Å². The molecule has 0 saturated carbocycles. The molecule has 0 unspecified atom stereocenters. The Morgan fingerprint density at radius 3 is 1.24 bits per heavy atom. The van der Waals surface area contributed by atoms with Crippen molar-refractivity contribution in [3.8, 4) is 0 Å². The van der Waals surface area contributed by atoms with E-state index in [9.17, 15) is 45.5 Å². The molecule has 0 aliphatic heterocycles. The van der Waals surface area contributed by atoms with Gasteiger partial charge in [-0.05, 0) is 46.3 Å². The summed E-state index contributed by atoms with van der Waals surface area (Å²) in [6, 6.07) is 0. The van der Waals surface area contributed by atoms with Crippen molar-refractivity contribution in [1.82, 2.24) is 5.32 Å². The monoisotopic (exact) mass is 759 g/mol. The van der Waals surface area contributed by atoms with E-state index in [1.54, 1.807) is 6.92 Å². The van der Waals surface area contributed by atoms with E-state index in [1.807, 2.05) is 27.7 Å². The van der Waals surface area contributed by atoms with E-state index in [1.165, 1.54) is 13.2 Å². The predicted octanol–water partition coefficient (Wildman–Crippen LogP) is 3.01. The van der Waals surface area contributed by atoms with E-state index in [4.69, 9.17) is 19.8 Å². The number of carbonyl (C=O) groups is 6. The van der Waals surface area contributed by atoms with Crippen molar-refractivity contribution in [2.75, 3.05) is 13.7 Å². The summed E-state index contributed by atoms with van der Waals surface area (Å²) in [7, 11) is 1.31. The molecule has 19 heteroatoms. The van der Waals surface area contributed by atoms with Gasteiger partial charge in [0.15, 0.2) is 0 Å². The average molecular weight is 760 g/mol. The molecule has 0 spiro atoms. The van der Waals surface area contributed by atoms with E-state index >= 15 is 0 Å². The molecule has 0 aromatic carbocycles. The maximum atomic E-state index is 11.7. The molecule has 0 bridgehead atoms. The first-order chi connectivity index (χ1) is 22.1. The molecule has 0 radical (unpaired) electrons. The van der Waals surface area contributed by atoms with Gasteiger partial charge in [0.25, 0.3) is 6.10 Å². The number of ether oxygens (including phenoxy) is 3. The third kappa shape index (κ3) is 56.4. The van der Waals surface area contributed by atoms with Crippen molar-refractivity contribution in [3.05, 3.63) is 75.4 Å². The van der Waals surface area contributed by atoms with Crippen LogP contribution in [0.2, 0.25) is 0 Å². The van der Waals surface area contributed by atoms with Gasteiger partial charge < -0.3 is 39.3 Å². The van der Waals surface area contributed by atoms with Gasteiger partial charge in [0.1, 0.15) is 0 Å². The van der Waals surface area contributed by atoms with Crippen LogP contribution in [0.15, 0.2) is 75.4 Å². The van der Waals surface area contributed by atoms with Crippen LogP contribution in [-0.2, 0) is 43.0 Å². The molecular weight excluding hydrogens is 716 g/mol. The predicted molar refractivity (Wildman–Crippen MR) is 169 cm³/mol. The molecule has 1 amide bonds. The topological polar surface area (TPSA) is 188 Å². The Labute approximate surface area is 317 Å². The van der Waals surface area contributed by atoms with Gasteiger partial charge in [0.05, 0.1) is 25.7 Å². The van der Waals surface area contributed by atoms with E-state index < -0.39 is 42.3 Å². The second-order valence-electron chi connectivity index (χ2n) is 9.09. The minimum atomic E-state index is -5.68. The van der Waals surface area contributed by atoms with Gasteiger partial charge in [-0.1, -0.05) is 52.8 Å². The number of alkyl halides is 6. The van der Waals surface area contributed by atoms with Crippen LogP contribution in [0.5, 0.6) is 0 Å². The Morgan fingerprint density at radius 1 is 0.740 bits per heavy atom. The van der Waals surface area contributed by atoms with E-state index in [0.29, 0.717) is 12.2 Å². The number of aliphatic carboxylic acids is 2. The summed E-state index contributed by atoms with van der Waals surface area (Å²) >= 11 is 0. The number of nitrogens with one attached hydrogen (secondary N) is 1. The van der Waals surface area contributed by atoms with Crippen LogP contribution in [0, 0.1) is 0 Å². The number of hydrogen-bond acceptors (Lipinski definition) is 11. The SMILES string of the molecule is C=C(C)C(=O)NC(C)(C)C.C=CC(=O)OC.C=CC(=O)OC(C(F)(F)F)C(F)(F)F.C=CC(=O)OCCCC.C=CC(=O)[O-].C=CC(=O)[O-].[Ca+2]. The Morgan fingerprint density at radius 2 is 1.08 bits per heavy atom. The van der Waals surface area contributed by atoms with E-state index in [-0.39, 0.29) is 61.2 Å². The normalized spacial score (nSPS) is 9.38. The van der Waals surface area contributed by atoms with Crippen molar-refractivity contribution in [3.63, 3.8) is 0 Å². The van der Waals surface area contributed by atoms with Gasteiger partial charge in [0.2, 0.25) is 5.91 Å². The molecule has 0 saturated heterocycles. The first kappa shape index (κ1) is 61.3. The fourth-order valence-electron chi connectivity index (χ4n) is 1.39. The first-order valence-electron chi connectivity index (χ1n) is 13.2. The summed E-state index contributed by atoms with van der Waals surface area (Å²) in [4.78, 5) is 59.6. The molecular formula is C31H43CaF6NO11. The number of rotatable bonds is 10. The molecule has 1 N–H and O–H groups in total. The summed E-state index contributed by atoms with van der Waals surface area (Å²) in [6.45, 7) is 28.5. The molecule has 0 atom stereocenters. The van der Waals surface area contributed by atoms with Crippen molar-refractivity contribution >= 4 is 73.5 Å². The molecule has 0 fully saturated rings. The fraction of sp³-hybridized carbons (Fsp3) is 0.419. The van der Waals surface area contributed by atoms with Crippen LogP contribution >= 0.6 is 0 Å². The summed E-state index contributed by atoms with van der Waals surface area (Å²) < 4.78 is 82.0. The number of hydrogen-bond donors (Lipinski definition) is 1. The largest absolute Gasteiger partial charge is 2.00 e. The zero-order chi connectivity index (χ0) is 40.6. The number of carbonyl (C=O) groups excluding carboxylic acids is 6. The standard InChI is InChI=1S/C8H15NO.C7H12O2.C6H4F6O2.C4H6O2.2C3H4O2.Ca/c1-6(2)7(10)9-8(3,4)5;1-3-5-6-9-7(8)4-2;1-2-3(13)14-4(5(7,8)9)6(10,11)12;1-3-4(5)6-2;2*1-2-3(4)5;/h1H2,2-5H3,(H,9,10);4H,2-3,5-6H2,1H3;2,4H,1H2;3H,1H2,2H3;2*2H,1H2,(H,4,5);/q;;;;;;+2/p-2. The number of methoxy groups -OCH3 is 1. The van der Waals surface area contributed by atoms with Crippen LogP contribution in [0.25, 0.3) is 0 Å². The van der Waals surface area contributed by atoms with Gasteiger partial charge in [-0.25, -0.2) is 14.4 Å². The minimum absolute atomic E-state index is 0. The molecule has 0 aromatic heterocycles. The van der Waals surface area contributed by atoms with Crippen LogP contribution in [0.3, 0.4) is 0 Å². The summed E-state index contributed by atoms with van der Waals surface area (Å²) in [5, 5.41) is 21.1. The van der Waals surface area contributed by atoms with Gasteiger partial charge >= 0.3 is 68.0 Å². The zero-order valence-corrected chi connectivity index (χ0v) is 31.0. The number of esters is 3. The molecule has 0 aliphatic carbocycles. The van der Waals surface area contributed by atoms with Gasteiger partial charge in [0, 0.05) is 29.3 Å². The molecule has 0 heterocycles. The Balaban J connectivity index is -0.0000000922. The molecule has 0 aliphatic rings. The number of unbranched alkanes of at least 4 members (excludes halogenated alkanes) is 1. The van der Waals surface area contributed by atoms with Crippen LogP contribution in [0.4, 0.5) is 26.3 Å².